The standard InChI is InChI=1S/C4H5NO3.3ClH.La.Na.H/c5-3(6)1-2-4(7)8;;;;;;/h1-2H,(H2,5,6)(H,7,8);3*1H;;;/q;;;;+3;;/p-3/b2-1-;;;;;;. The van der Waals surface area contributed by atoms with Crippen LogP contribution in [0.4, 0.5) is 0 Å². The van der Waals surface area contributed by atoms with Crippen LogP contribution in [0, 0.1) is 25.7 Å². The Labute approximate surface area is 118 Å². The molecule has 0 aromatic heterocycles. The summed E-state index contributed by atoms with van der Waals surface area (Å²) in [7, 11) is 0. The van der Waals surface area contributed by atoms with Gasteiger partial charge in [0, 0.05) is 12.2 Å². The molecule has 1 amide bonds. The molecule has 0 radical (unpaired) electrons. The van der Waals surface area contributed by atoms with Crippen molar-refractivity contribution in [1.29, 1.82) is 0 Å². The van der Waals surface area contributed by atoms with Gasteiger partial charge >= 0.3 is 81.6 Å². The number of aliphatic carboxylic acids is 1. The Hall–Kier alpha value is 1.74. The van der Waals surface area contributed by atoms with Crippen molar-refractivity contribution < 1.29 is 40.4 Å². The fourth-order valence-electron chi connectivity index (χ4n) is 0.153. The predicted molar refractivity (Wildman–Crippen MR) is 50.7 cm³/mol. The van der Waals surface area contributed by atoms with E-state index in [0.29, 0.717) is 6.08 Å². The first kappa shape index (κ1) is 20.2. The van der Waals surface area contributed by atoms with Gasteiger partial charge in [-0.2, -0.15) is 0 Å². The van der Waals surface area contributed by atoms with Crippen LogP contribution in [0.1, 0.15) is 0 Å². The van der Waals surface area contributed by atoms with E-state index in [4.69, 9.17) is 25.5 Å². The number of amides is 1. The van der Waals surface area contributed by atoms with Gasteiger partial charge in [0.25, 0.3) is 0 Å². The quantitative estimate of drug-likeness (QED) is 0.539. The average molecular weight is 384 g/mol. The number of rotatable bonds is 2. The first-order valence-corrected chi connectivity index (χ1v) is 16.1. The van der Waals surface area contributed by atoms with E-state index in [1.807, 2.05) is 0 Å². The molecule has 0 aliphatic carbocycles. The van der Waals surface area contributed by atoms with Crippen molar-refractivity contribution >= 4 is 61.8 Å². The molecule has 0 aliphatic heterocycles. The average Bonchev–Trinajstić information content (AvgIpc) is 1.82. The molecule has 0 unspecified atom stereocenters. The summed E-state index contributed by atoms with van der Waals surface area (Å²) in [6.45, 7) is 15.1. The maximum absolute atomic E-state index is 9.78. The molecular formula is C4H6Cl3LaNNaO3. The van der Waals surface area contributed by atoms with Gasteiger partial charge in [-0.3, -0.25) is 4.79 Å². The third kappa shape index (κ3) is 41.7. The zero-order chi connectivity index (χ0) is 10.1. The number of carboxylic acids is 1. The molecule has 0 fully saturated rings. The first-order chi connectivity index (χ1) is 5.36. The summed E-state index contributed by atoms with van der Waals surface area (Å²) < 4.78 is 0. The fourth-order valence-corrected chi connectivity index (χ4v) is 0.153. The number of carbonyl (C=O) groups excluding carboxylic acids is 1. The summed E-state index contributed by atoms with van der Waals surface area (Å²) in [6.07, 6.45) is 1.46. The molecule has 13 heavy (non-hydrogen) atoms. The van der Waals surface area contributed by atoms with Crippen LogP contribution in [0.5, 0.6) is 0 Å². The van der Waals surface area contributed by atoms with Crippen molar-refractivity contribution in [3.8, 4) is 0 Å². The molecule has 0 bridgehead atoms. The zero-order valence-electron chi connectivity index (χ0n) is 5.71. The van der Waals surface area contributed by atoms with Crippen molar-refractivity contribution in [3.05, 3.63) is 12.2 Å². The molecule has 9 heteroatoms. The molecule has 70 valence electrons. The molecule has 0 spiro atoms. The summed E-state index contributed by atoms with van der Waals surface area (Å²) in [5.41, 5.74) is 4.55. The summed E-state index contributed by atoms with van der Waals surface area (Å²) in [5.74, 6) is -1.93. The van der Waals surface area contributed by atoms with Gasteiger partial charge < -0.3 is 10.8 Å². The Bertz CT molecular complexity index is 171. The van der Waals surface area contributed by atoms with Gasteiger partial charge in [0.15, 0.2) is 0 Å². The van der Waals surface area contributed by atoms with E-state index in [1.54, 1.807) is 0 Å². The van der Waals surface area contributed by atoms with Crippen molar-refractivity contribution in [2.24, 2.45) is 5.73 Å². The molecule has 0 aromatic rings. The molecule has 0 aromatic carbocycles. The minimum absolute atomic E-state index is 0. The molecule has 0 heterocycles. The maximum atomic E-state index is 9.78. The van der Waals surface area contributed by atoms with Crippen LogP contribution >= 0.6 is 20.4 Å². The second kappa shape index (κ2) is 13.7. The Balaban J connectivity index is -0.000000173. The van der Waals surface area contributed by atoms with E-state index in [0.717, 1.165) is 6.08 Å². The van der Waals surface area contributed by atoms with Crippen molar-refractivity contribution in [2.75, 3.05) is 0 Å². The second-order valence-corrected chi connectivity index (χ2v) is 17.3. The van der Waals surface area contributed by atoms with E-state index >= 15 is 0 Å². The molecule has 0 atom stereocenters. The minimum atomic E-state index is -2.31. The molecule has 0 rings (SSSR count). The zero-order valence-corrected chi connectivity index (χ0v) is 11.6. The van der Waals surface area contributed by atoms with Crippen LogP contribution in [-0.4, -0.2) is 46.5 Å². The van der Waals surface area contributed by atoms with Crippen LogP contribution in [0.15, 0.2) is 12.2 Å². The van der Waals surface area contributed by atoms with Gasteiger partial charge in [0.1, 0.15) is 0 Å². The summed E-state index contributed by atoms with van der Waals surface area (Å²) >= 11 is -2.31. The van der Waals surface area contributed by atoms with E-state index < -0.39 is 37.5 Å². The third-order valence-corrected chi connectivity index (χ3v) is 0.390. The monoisotopic (exact) mass is 383 g/mol. The number of halogens is 3. The van der Waals surface area contributed by atoms with Crippen molar-refractivity contribution in [1.82, 2.24) is 0 Å². The number of carbonyl (C=O) groups is 2. The van der Waals surface area contributed by atoms with Crippen LogP contribution in [0.25, 0.3) is 0 Å². The van der Waals surface area contributed by atoms with Crippen LogP contribution < -0.4 is 5.73 Å². The molecular weight excluding hydrogens is 378 g/mol. The molecule has 0 saturated carbocycles. The van der Waals surface area contributed by atoms with Gasteiger partial charge in [-0.1, -0.05) is 0 Å². The van der Waals surface area contributed by atoms with Crippen molar-refractivity contribution in [3.63, 3.8) is 0 Å². The number of carboxylic acid groups (broad SMARTS) is 1. The molecule has 3 N–H and O–H groups in total. The molecule has 0 aliphatic rings. The van der Waals surface area contributed by atoms with Crippen LogP contribution in [0.2, 0.25) is 0 Å². The summed E-state index contributed by atoms with van der Waals surface area (Å²) in [6, 6.07) is 0. The topological polar surface area (TPSA) is 80.4 Å². The molecule has 4 nitrogen and oxygen atoms in total. The van der Waals surface area contributed by atoms with Gasteiger partial charge in [0.2, 0.25) is 5.91 Å². The Morgan fingerprint density at radius 3 is 1.62 bits per heavy atom. The summed E-state index contributed by atoms with van der Waals surface area (Å²) in [4.78, 5) is 19.4. The first-order valence-electron chi connectivity index (χ1n) is 2.49. The van der Waals surface area contributed by atoms with Gasteiger partial charge in [0.05, 0.1) is 0 Å². The second-order valence-electron chi connectivity index (χ2n) is 1.32. The number of hydrogen-bond donors (Lipinski definition) is 2. The normalized spacial score (nSPS) is 7.92. The number of primary amides is 1. The third-order valence-electron chi connectivity index (χ3n) is 0.390. The van der Waals surface area contributed by atoms with Crippen LogP contribution in [0.3, 0.4) is 0 Å². The van der Waals surface area contributed by atoms with Crippen LogP contribution in [-0.2, 0) is 9.59 Å². The Kier molecular flexibility index (Phi) is 21.4. The molecule has 0 saturated heterocycles. The predicted octanol–water partition coefficient (Wildman–Crippen LogP) is 0.532. The Morgan fingerprint density at radius 2 is 1.54 bits per heavy atom. The van der Waals surface area contributed by atoms with E-state index in [1.165, 1.54) is 0 Å². The van der Waals surface area contributed by atoms with Crippen molar-refractivity contribution in [2.45, 2.75) is 0 Å². The SMILES string of the molecule is NC(=O)/C=C\C(=O)O.[Cl][La]([Cl])[Cl].[NaH]. The van der Waals surface area contributed by atoms with Gasteiger partial charge in [-0.15, -0.1) is 0 Å². The number of nitrogens with two attached hydrogens (primary N) is 1. The summed E-state index contributed by atoms with van der Waals surface area (Å²) in [5, 5.41) is 7.87. The van der Waals surface area contributed by atoms with E-state index in [9.17, 15) is 9.59 Å². The fraction of sp³-hybridized carbons (Fsp3) is 0. The van der Waals surface area contributed by atoms with Gasteiger partial charge in [-0.25, -0.2) is 4.79 Å². The van der Waals surface area contributed by atoms with E-state index in [-0.39, 0.29) is 29.6 Å². The van der Waals surface area contributed by atoms with Gasteiger partial charge in [-0.05, 0) is 0 Å². The number of hydrogen-bond acceptors (Lipinski definition) is 2. The van der Waals surface area contributed by atoms with E-state index in [2.05, 4.69) is 5.73 Å². The Morgan fingerprint density at radius 1 is 1.23 bits per heavy atom.